The van der Waals surface area contributed by atoms with E-state index in [0.717, 1.165) is 15.7 Å². The summed E-state index contributed by atoms with van der Waals surface area (Å²) < 4.78 is 4.99. The number of likely N-dealkylation sites (tertiary alicyclic amines) is 1. The molecule has 7 nitrogen and oxygen atoms in total. The number of esters is 1. The van der Waals surface area contributed by atoms with Crippen LogP contribution in [0.15, 0.2) is 54.6 Å². The smallest absolute Gasteiger partial charge is 0.326 e. The molecule has 2 aliphatic rings. The number of fused-ring (bicyclic) bond motifs is 2. The van der Waals surface area contributed by atoms with Gasteiger partial charge in [0.2, 0.25) is 11.8 Å². The van der Waals surface area contributed by atoms with E-state index in [2.05, 4.69) is 5.32 Å². The van der Waals surface area contributed by atoms with Crippen LogP contribution in [0.1, 0.15) is 12.8 Å². The first-order valence-electron chi connectivity index (χ1n) is 9.48. The maximum Gasteiger partial charge on any atom is 0.326 e. The number of nitrogens with one attached hydrogen (secondary N) is 1. The fourth-order valence-corrected chi connectivity index (χ4v) is 3.87. The average Bonchev–Trinajstić information content (AvgIpc) is 2.98. The summed E-state index contributed by atoms with van der Waals surface area (Å²) in [7, 11) is 0. The molecule has 2 atom stereocenters. The van der Waals surface area contributed by atoms with Crippen LogP contribution in [0.2, 0.25) is 0 Å². The molecular formula is C22H20N2O5. The molecule has 29 heavy (non-hydrogen) atoms. The van der Waals surface area contributed by atoms with Crippen LogP contribution in [0.25, 0.3) is 10.8 Å². The third kappa shape index (κ3) is 3.76. The molecule has 0 spiro atoms. The molecule has 7 heteroatoms. The van der Waals surface area contributed by atoms with Gasteiger partial charge in [0, 0.05) is 11.1 Å². The number of imide groups is 1. The Morgan fingerprint density at radius 2 is 1.62 bits per heavy atom. The first kappa shape index (κ1) is 18.9. The average molecular weight is 392 g/mol. The highest BCUT2D eigenvalue weighted by Crippen LogP contribution is 2.34. The van der Waals surface area contributed by atoms with Crippen molar-refractivity contribution in [2.24, 2.45) is 11.8 Å². The van der Waals surface area contributed by atoms with Crippen LogP contribution in [-0.2, 0) is 23.9 Å². The van der Waals surface area contributed by atoms with Crippen molar-refractivity contribution in [2.45, 2.75) is 12.8 Å². The van der Waals surface area contributed by atoms with Crippen molar-refractivity contribution in [1.82, 2.24) is 4.90 Å². The van der Waals surface area contributed by atoms with Crippen molar-refractivity contribution in [3.63, 3.8) is 0 Å². The SMILES string of the molecule is O=C(COC(=O)CN1C(=O)[C@H]2CC=CC[C@@H]2C1=O)Nc1cccc2ccccc12. The summed E-state index contributed by atoms with van der Waals surface area (Å²) in [4.78, 5) is 50.0. The second-order valence-electron chi connectivity index (χ2n) is 7.15. The molecule has 3 amide bonds. The number of hydrogen-bond donors (Lipinski definition) is 1. The van der Waals surface area contributed by atoms with E-state index in [9.17, 15) is 19.2 Å². The topological polar surface area (TPSA) is 92.8 Å². The molecule has 1 aliphatic heterocycles. The summed E-state index contributed by atoms with van der Waals surface area (Å²) in [5.74, 6) is -2.76. The van der Waals surface area contributed by atoms with E-state index >= 15 is 0 Å². The number of carbonyl (C=O) groups is 4. The Kier molecular flexibility index (Phi) is 5.12. The number of hydrogen-bond acceptors (Lipinski definition) is 5. The Morgan fingerprint density at radius 1 is 0.966 bits per heavy atom. The number of rotatable bonds is 5. The van der Waals surface area contributed by atoms with Gasteiger partial charge < -0.3 is 10.1 Å². The Bertz CT molecular complexity index is 998. The van der Waals surface area contributed by atoms with Gasteiger partial charge in [-0.2, -0.15) is 0 Å². The number of nitrogens with zero attached hydrogens (tertiary/aromatic N) is 1. The van der Waals surface area contributed by atoms with E-state index in [1.165, 1.54) is 0 Å². The predicted octanol–water partition coefficient (Wildman–Crippen LogP) is 2.27. The normalized spacial score (nSPS) is 20.6. The van der Waals surface area contributed by atoms with Crippen molar-refractivity contribution in [1.29, 1.82) is 0 Å². The Hall–Kier alpha value is -3.48. The van der Waals surface area contributed by atoms with Gasteiger partial charge in [-0.05, 0) is 24.3 Å². The number of allylic oxidation sites excluding steroid dienone is 2. The standard InChI is InChI=1S/C22H20N2O5/c25-19(23-18-11-5-7-14-6-1-2-8-15(14)18)13-29-20(26)12-24-21(27)16-9-3-4-10-17(16)22(24)28/h1-8,11,16-17H,9-10,12-13H2,(H,23,25)/t16-,17-/m0/s1. The van der Waals surface area contributed by atoms with Crippen LogP contribution in [-0.4, -0.2) is 41.7 Å². The van der Waals surface area contributed by atoms with Crippen LogP contribution in [0.4, 0.5) is 5.69 Å². The molecule has 1 heterocycles. The molecule has 2 aromatic carbocycles. The Balaban J connectivity index is 1.32. The molecule has 0 unspecified atom stereocenters. The second-order valence-corrected chi connectivity index (χ2v) is 7.15. The van der Waals surface area contributed by atoms with Gasteiger partial charge in [0.1, 0.15) is 6.54 Å². The third-order valence-electron chi connectivity index (χ3n) is 5.31. The minimum atomic E-state index is -0.786. The number of ether oxygens (including phenoxy) is 1. The number of carbonyl (C=O) groups excluding carboxylic acids is 4. The van der Waals surface area contributed by atoms with Crippen molar-refractivity contribution < 1.29 is 23.9 Å². The Labute approximate surface area is 167 Å². The highest BCUT2D eigenvalue weighted by atomic mass is 16.5. The van der Waals surface area contributed by atoms with Crippen LogP contribution in [0.3, 0.4) is 0 Å². The molecule has 0 aromatic heterocycles. The van der Waals surface area contributed by atoms with Crippen LogP contribution in [0.5, 0.6) is 0 Å². The molecule has 1 fully saturated rings. The van der Waals surface area contributed by atoms with Gasteiger partial charge in [-0.1, -0.05) is 48.6 Å². The van der Waals surface area contributed by atoms with Gasteiger partial charge in [-0.3, -0.25) is 24.1 Å². The Morgan fingerprint density at radius 3 is 2.34 bits per heavy atom. The maximum atomic E-state index is 12.4. The zero-order chi connectivity index (χ0) is 20.4. The quantitative estimate of drug-likeness (QED) is 0.479. The minimum absolute atomic E-state index is 0.346. The van der Waals surface area contributed by atoms with Crippen molar-refractivity contribution >= 4 is 40.2 Å². The van der Waals surface area contributed by atoms with Crippen LogP contribution >= 0.6 is 0 Å². The van der Waals surface area contributed by atoms with E-state index in [1.807, 2.05) is 48.6 Å². The summed E-state index contributed by atoms with van der Waals surface area (Å²) in [5.41, 5.74) is 0.616. The van der Waals surface area contributed by atoms with E-state index in [0.29, 0.717) is 18.5 Å². The van der Waals surface area contributed by atoms with Crippen molar-refractivity contribution in [2.75, 3.05) is 18.5 Å². The summed E-state index contributed by atoms with van der Waals surface area (Å²) >= 11 is 0. The molecule has 2 aromatic rings. The van der Waals surface area contributed by atoms with Gasteiger partial charge in [-0.15, -0.1) is 0 Å². The molecule has 148 valence electrons. The summed E-state index contributed by atoms with van der Waals surface area (Å²) in [6, 6.07) is 13.1. The van der Waals surface area contributed by atoms with Gasteiger partial charge in [0.25, 0.3) is 5.91 Å². The van der Waals surface area contributed by atoms with E-state index in [1.54, 1.807) is 6.07 Å². The molecule has 1 aliphatic carbocycles. The fraction of sp³-hybridized carbons (Fsp3) is 0.273. The van der Waals surface area contributed by atoms with E-state index < -0.39 is 36.9 Å². The van der Waals surface area contributed by atoms with Gasteiger partial charge in [0.15, 0.2) is 6.61 Å². The van der Waals surface area contributed by atoms with Crippen LogP contribution in [0, 0.1) is 11.8 Å². The molecule has 4 rings (SSSR count). The van der Waals surface area contributed by atoms with Crippen molar-refractivity contribution in [3.05, 3.63) is 54.6 Å². The maximum absolute atomic E-state index is 12.4. The predicted molar refractivity (Wildman–Crippen MR) is 106 cm³/mol. The molecule has 1 saturated heterocycles. The number of amides is 3. The van der Waals surface area contributed by atoms with Crippen molar-refractivity contribution in [3.8, 4) is 0 Å². The second kappa shape index (κ2) is 7.87. The molecule has 0 radical (unpaired) electrons. The molecular weight excluding hydrogens is 372 g/mol. The van der Waals surface area contributed by atoms with Gasteiger partial charge >= 0.3 is 5.97 Å². The first-order valence-corrected chi connectivity index (χ1v) is 9.48. The number of anilines is 1. The molecule has 1 N–H and O–H groups in total. The summed E-state index contributed by atoms with van der Waals surface area (Å²) in [5, 5.41) is 4.57. The third-order valence-corrected chi connectivity index (χ3v) is 5.31. The lowest BCUT2D eigenvalue weighted by Crippen LogP contribution is -2.37. The summed E-state index contributed by atoms with van der Waals surface area (Å²) in [6.07, 6.45) is 4.78. The van der Waals surface area contributed by atoms with E-state index in [4.69, 9.17) is 4.74 Å². The largest absolute Gasteiger partial charge is 0.454 e. The minimum Gasteiger partial charge on any atom is -0.454 e. The summed E-state index contributed by atoms with van der Waals surface area (Å²) in [6.45, 7) is -0.959. The lowest BCUT2D eigenvalue weighted by atomic mass is 9.85. The fourth-order valence-electron chi connectivity index (χ4n) is 3.87. The first-order chi connectivity index (χ1) is 14.0. The molecule has 0 bridgehead atoms. The highest BCUT2D eigenvalue weighted by molar-refractivity contribution is 6.07. The lowest BCUT2D eigenvalue weighted by molar-refractivity contribution is -0.154. The molecule has 0 saturated carbocycles. The monoisotopic (exact) mass is 392 g/mol. The zero-order valence-electron chi connectivity index (χ0n) is 15.7. The van der Waals surface area contributed by atoms with Gasteiger partial charge in [-0.25, -0.2) is 0 Å². The number of benzene rings is 2. The highest BCUT2D eigenvalue weighted by Gasteiger charge is 2.47. The lowest BCUT2D eigenvalue weighted by Gasteiger charge is -2.14. The van der Waals surface area contributed by atoms with Gasteiger partial charge in [0.05, 0.1) is 11.8 Å². The van der Waals surface area contributed by atoms with E-state index in [-0.39, 0.29) is 11.8 Å². The zero-order valence-corrected chi connectivity index (χ0v) is 15.7. The van der Waals surface area contributed by atoms with Crippen LogP contribution < -0.4 is 5.32 Å².